The van der Waals surface area contributed by atoms with Gasteiger partial charge in [-0.15, -0.1) is 16.4 Å². The van der Waals surface area contributed by atoms with Gasteiger partial charge >= 0.3 is 5.69 Å². The fraction of sp³-hybridized carbons (Fsp3) is 0.333. The minimum atomic E-state index is -3.47. The first-order valence-corrected chi connectivity index (χ1v) is 11.3. The van der Waals surface area contributed by atoms with Crippen molar-refractivity contribution in [1.29, 1.82) is 0 Å². The lowest BCUT2D eigenvalue weighted by Gasteiger charge is -2.06. The average molecular weight is 405 g/mol. The van der Waals surface area contributed by atoms with Gasteiger partial charge in [-0.1, -0.05) is 36.4 Å². The third-order valence-electron chi connectivity index (χ3n) is 4.37. The molecular weight excluding hydrogens is 384 g/mol. The van der Waals surface area contributed by atoms with Gasteiger partial charge in [0.15, 0.2) is 5.82 Å². The third-order valence-corrected chi connectivity index (χ3v) is 6.59. The van der Waals surface area contributed by atoms with Gasteiger partial charge in [-0.05, 0) is 29.9 Å². The number of thiophene rings is 1. The van der Waals surface area contributed by atoms with Crippen LogP contribution in [0.1, 0.15) is 24.4 Å². The van der Waals surface area contributed by atoms with Gasteiger partial charge in [-0.3, -0.25) is 4.57 Å². The predicted molar refractivity (Wildman–Crippen MR) is 105 cm³/mol. The molecule has 27 heavy (non-hydrogen) atoms. The molecule has 0 saturated heterocycles. The lowest BCUT2D eigenvalue weighted by Crippen LogP contribution is -2.32. The van der Waals surface area contributed by atoms with Gasteiger partial charge in [0, 0.05) is 12.6 Å². The molecule has 0 spiro atoms. The number of nitrogens with one attached hydrogen (secondary N) is 1. The van der Waals surface area contributed by atoms with Crippen LogP contribution in [0.2, 0.25) is 0 Å². The van der Waals surface area contributed by atoms with E-state index in [1.807, 2.05) is 23.6 Å². The largest absolute Gasteiger partial charge is 0.346 e. The first-order valence-electron chi connectivity index (χ1n) is 8.78. The van der Waals surface area contributed by atoms with Crippen molar-refractivity contribution >= 4 is 21.4 Å². The molecule has 3 aromatic rings. The van der Waals surface area contributed by atoms with Crippen LogP contribution in [-0.2, 0) is 22.3 Å². The van der Waals surface area contributed by atoms with Crippen LogP contribution in [0.3, 0.4) is 0 Å². The molecule has 142 valence electrons. The average Bonchev–Trinajstić information content (AvgIpc) is 3.21. The molecule has 1 aromatic carbocycles. The summed E-state index contributed by atoms with van der Waals surface area (Å²) in [6.45, 7) is 0.325. The monoisotopic (exact) mass is 404 g/mol. The zero-order chi connectivity index (χ0) is 18.9. The van der Waals surface area contributed by atoms with Crippen molar-refractivity contribution in [2.45, 2.75) is 31.2 Å². The maximum absolute atomic E-state index is 12.7. The Hall–Kier alpha value is -2.23. The summed E-state index contributed by atoms with van der Waals surface area (Å²) in [6.07, 6.45) is 1.96. The molecule has 7 nitrogen and oxygen atoms in total. The number of hydrogen-bond donors (Lipinski definition) is 1. The third kappa shape index (κ3) is 4.20. The van der Waals surface area contributed by atoms with E-state index < -0.39 is 10.0 Å². The van der Waals surface area contributed by atoms with E-state index in [0.717, 1.165) is 23.3 Å². The minimum absolute atomic E-state index is 0.0836. The smallest absolute Gasteiger partial charge is 0.271 e. The van der Waals surface area contributed by atoms with Crippen LogP contribution in [0.15, 0.2) is 52.6 Å². The number of hydrogen-bond acceptors (Lipinski definition) is 5. The zero-order valence-electron chi connectivity index (χ0n) is 14.6. The Kier molecular flexibility index (Phi) is 4.98. The number of sulfonamides is 1. The molecule has 1 saturated carbocycles. The van der Waals surface area contributed by atoms with E-state index in [1.165, 1.54) is 16.0 Å². The topological polar surface area (TPSA) is 86.0 Å². The van der Waals surface area contributed by atoms with E-state index in [2.05, 4.69) is 9.82 Å². The molecule has 0 aliphatic heterocycles. The molecule has 0 atom stereocenters. The summed E-state index contributed by atoms with van der Waals surface area (Å²) in [6, 6.07) is 13.1. The lowest BCUT2D eigenvalue weighted by molar-refractivity contribution is 0.546. The van der Waals surface area contributed by atoms with E-state index in [4.69, 9.17) is 0 Å². The second kappa shape index (κ2) is 7.41. The van der Waals surface area contributed by atoms with Crippen molar-refractivity contribution in [1.82, 2.24) is 19.1 Å². The van der Waals surface area contributed by atoms with E-state index >= 15 is 0 Å². The van der Waals surface area contributed by atoms with E-state index in [-0.39, 0.29) is 30.6 Å². The molecule has 0 unspecified atom stereocenters. The Morgan fingerprint density at radius 1 is 1.15 bits per heavy atom. The highest BCUT2D eigenvalue weighted by Crippen LogP contribution is 2.37. The van der Waals surface area contributed by atoms with Crippen LogP contribution < -0.4 is 10.4 Å². The van der Waals surface area contributed by atoms with Crippen molar-refractivity contribution in [3.8, 4) is 10.7 Å². The highest BCUT2D eigenvalue weighted by Gasteiger charge is 2.30. The van der Waals surface area contributed by atoms with Crippen LogP contribution in [0, 0.1) is 0 Å². The Morgan fingerprint density at radius 2 is 1.93 bits per heavy atom. The number of aromatic nitrogens is 3. The number of rotatable bonds is 8. The van der Waals surface area contributed by atoms with Gasteiger partial charge in [0.25, 0.3) is 0 Å². The molecule has 0 bridgehead atoms. The van der Waals surface area contributed by atoms with Crippen LogP contribution in [0.25, 0.3) is 10.7 Å². The summed E-state index contributed by atoms with van der Waals surface area (Å²) in [5.74, 6) is 0.587. The van der Waals surface area contributed by atoms with Crippen molar-refractivity contribution in [2.24, 2.45) is 0 Å². The summed E-state index contributed by atoms with van der Waals surface area (Å²) >= 11 is 1.54. The molecule has 1 fully saturated rings. The first-order chi connectivity index (χ1) is 13.0. The summed E-state index contributed by atoms with van der Waals surface area (Å²) in [7, 11) is -3.47. The summed E-state index contributed by atoms with van der Waals surface area (Å²) in [4.78, 5) is 13.7. The maximum atomic E-state index is 12.7. The van der Waals surface area contributed by atoms with Crippen LogP contribution >= 0.6 is 11.3 Å². The maximum Gasteiger partial charge on any atom is 0.346 e. The van der Waals surface area contributed by atoms with Crippen LogP contribution in [0.5, 0.6) is 0 Å². The SMILES string of the molecule is O=c1n(CCNS(=O)(=O)Cc2ccccc2)nc(-c2cccs2)n1C1CC1. The fourth-order valence-corrected chi connectivity index (χ4v) is 4.79. The highest BCUT2D eigenvalue weighted by atomic mass is 32.2. The molecule has 1 aliphatic carbocycles. The van der Waals surface area contributed by atoms with Crippen molar-refractivity contribution in [3.63, 3.8) is 0 Å². The van der Waals surface area contributed by atoms with Crippen LogP contribution in [0.4, 0.5) is 0 Å². The highest BCUT2D eigenvalue weighted by molar-refractivity contribution is 7.88. The summed E-state index contributed by atoms with van der Waals surface area (Å²) < 4.78 is 30.1. The second-order valence-electron chi connectivity index (χ2n) is 6.55. The van der Waals surface area contributed by atoms with E-state index in [0.29, 0.717) is 5.82 Å². The quantitative estimate of drug-likeness (QED) is 0.624. The van der Waals surface area contributed by atoms with Crippen molar-refractivity contribution in [3.05, 3.63) is 63.9 Å². The number of benzene rings is 1. The molecule has 1 aliphatic rings. The Balaban J connectivity index is 1.46. The Morgan fingerprint density at radius 3 is 2.59 bits per heavy atom. The van der Waals surface area contributed by atoms with Gasteiger partial charge in [0.1, 0.15) is 0 Å². The molecule has 4 rings (SSSR count). The molecule has 0 radical (unpaired) electrons. The van der Waals surface area contributed by atoms with Crippen molar-refractivity contribution in [2.75, 3.05) is 6.54 Å². The van der Waals surface area contributed by atoms with Crippen molar-refractivity contribution < 1.29 is 8.42 Å². The Bertz CT molecular complexity index is 1070. The van der Waals surface area contributed by atoms with Gasteiger partial charge in [0.05, 0.1) is 17.2 Å². The zero-order valence-corrected chi connectivity index (χ0v) is 16.2. The summed E-state index contributed by atoms with van der Waals surface area (Å²) in [5, 5.41) is 6.41. The standard InChI is InChI=1S/C18H20N4O3S2/c23-18-21(11-10-19-27(24,25)13-14-5-2-1-3-6-14)20-17(16-7-4-12-26-16)22(18)15-8-9-15/h1-7,12,15,19H,8-11,13H2. The molecule has 2 heterocycles. The second-order valence-corrected chi connectivity index (χ2v) is 9.30. The minimum Gasteiger partial charge on any atom is -0.271 e. The first kappa shape index (κ1) is 18.1. The lowest BCUT2D eigenvalue weighted by atomic mass is 10.2. The fourth-order valence-electron chi connectivity index (χ4n) is 2.95. The summed E-state index contributed by atoms with van der Waals surface area (Å²) in [5.41, 5.74) is 0.545. The molecular formula is C18H20N4O3S2. The van der Waals surface area contributed by atoms with E-state index in [9.17, 15) is 13.2 Å². The molecule has 1 N–H and O–H groups in total. The molecule has 2 aromatic heterocycles. The van der Waals surface area contributed by atoms with Gasteiger partial charge < -0.3 is 0 Å². The van der Waals surface area contributed by atoms with Gasteiger partial charge in [0.2, 0.25) is 10.0 Å². The predicted octanol–water partition coefficient (Wildman–Crippen LogP) is 2.23. The normalized spacial score (nSPS) is 14.5. The Labute approximate surface area is 161 Å². The van der Waals surface area contributed by atoms with E-state index in [1.54, 1.807) is 28.8 Å². The van der Waals surface area contributed by atoms with Crippen LogP contribution in [-0.4, -0.2) is 29.3 Å². The van der Waals surface area contributed by atoms with Gasteiger partial charge in [-0.25, -0.2) is 22.6 Å². The van der Waals surface area contributed by atoms with Gasteiger partial charge in [-0.2, -0.15) is 0 Å². The molecule has 0 amide bonds. The number of nitrogens with zero attached hydrogens (tertiary/aromatic N) is 3. The molecule has 9 heteroatoms.